The highest BCUT2D eigenvalue weighted by atomic mass is 16.5. The standard InChI is InChI=1S/C16H23N3O3/c1-3-18-7-9-19(10-8-18)15(20)12-17-16(21)13-5-4-6-14(11-13)22-2/h4-6,11H,3,7-10,12H2,1-2H3,(H,17,21). The average Bonchev–Trinajstić information content (AvgIpc) is 2.59. The number of benzene rings is 1. The van der Waals surface area contributed by atoms with E-state index in [0.717, 1.165) is 32.7 Å². The van der Waals surface area contributed by atoms with Crippen molar-refractivity contribution < 1.29 is 14.3 Å². The van der Waals surface area contributed by atoms with Crippen LogP contribution < -0.4 is 10.1 Å². The molecule has 0 spiro atoms. The molecule has 6 nitrogen and oxygen atoms in total. The van der Waals surface area contributed by atoms with Gasteiger partial charge in [-0.25, -0.2) is 0 Å². The van der Waals surface area contributed by atoms with Gasteiger partial charge in [0.05, 0.1) is 13.7 Å². The highest BCUT2D eigenvalue weighted by Gasteiger charge is 2.20. The number of nitrogens with zero attached hydrogens (tertiary/aromatic N) is 2. The van der Waals surface area contributed by atoms with Gasteiger partial charge in [0.1, 0.15) is 5.75 Å². The molecule has 2 rings (SSSR count). The molecule has 0 saturated carbocycles. The fraction of sp³-hybridized carbons (Fsp3) is 0.500. The molecule has 1 saturated heterocycles. The van der Waals surface area contributed by atoms with Crippen LogP contribution in [0.3, 0.4) is 0 Å². The molecule has 1 aromatic carbocycles. The van der Waals surface area contributed by atoms with E-state index < -0.39 is 0 Å². The fourth-order valence-electron chi connectivity index (χ4n) is 2.45. The molecule has 120 valence electrons. The van der Waals surface area contributed by atoms with E-state index in [9.17, 15) is 9.59 Å². The minimum absolute atomic E-state index is 0.0299. The van der Waals surface area contributed by atoms with Crippen molar-refractivity contribution in [2.75, 3.05) is 46.4 Å². The van der Waals surface area contributed by atoms with E-state index in [4.69, 9.17) is 4.74 Å². The van der Waals surface area contributed by atoms with E-state index >= 15 is 0 Å². The number of nitrogens with one attached hydrogen (secondary N) is 1. The molecule has 1 aliphatic heterocycles. The summed E-state index contributed by atoms with van der Waals surface area (Å²) in [6, 6.07) is 6.87. The Kier molecular flexibility index (Phi) is 5.77. The molecule has 1 heterocycles. The minimum atomic E-state index is -0.264. The van der Waals surface area contributed by atoms with Gasteiger partial charge in [0.25, 0.3) is 5.91 Å². The van der Waals surface area contributed by atoms with Crippen LogP contribution in [0.4, 0.5) is 0 Å². The van der Waals surface area contributed by atoms with E-state index in [1.165, 1.54) is 0 Å². The summed E-state index contributed by atoms with van der Waals surface area (Å²) in [7, 11) is 1.55. The van der Waals surface area contributed by atoms with Crippen molar-refractivity contribution >= 4 is 11.8 Å². The van der Waals surface area contributed by atoms with Crippen LogP contribution in [-0.2, 0) is 4.79 Å². The quantitative estimate of drug-likeness (QED) is 0.865. The van der Waals surface area contributed by atoms with Crippen molar-refractivity contribution in [2.24, 2.45) is 0 Å². The van der Waals surface area contributed by atoms with Gasteiger partial charge in [-0.1, -0.05) is 13.0 Å². The Morgan fingerprint density at radius 2 is 1.95 bits per heavy atom. The van der Waals surface area contributed by atoms with E-state index in [1.807, 2.05) is 0 Å². The van der Waals surface area contributed by atoms with Gasteiger partial charge in [-0.2, -0.15) is 0 Å². The maximum atomic E-state index is 12.1. The first-order valence-corrected chi connectivity index (χ1v) is 7.56. The normalized spacial score (nSPS) is 15.5. The van der Waals surface area contributed by atoms with Gasteiger partial charge in [-0.05, 0) is 24.7 Å². The van der Waals surface area contributed by atoms with Crippen molar-refractivity contribution in [3.63, 3.8) is 0 Å². The lowest BCUT2D eigenvalue weighted by Gasteiger charge is -2.34. The predicted molar refractivity (Wildman–Crippen MR) is 84.0 cm³/mol. The number of carbonyl (C=O) groups is 2. The van der Waals surface area contributed by atoms with Gasteiger partial charge in [-0.15, -0.1) is 0 Å². The van der Waals surface area contributed by atoms with Gasteiger partial charge in [0.15, 0.2) is 0 Å². The number of ether oxygens (including phenoxy) is 1. The van der Waals surface area contributed by atoms with E-state index in [-0.39, 0.29) is 18.4 Å². The molecule has 0 atom stereocenters. The zero-order valence-corrected chi connectivity index (χ0v) is 13.2. The second-order valence-electron chi connectivity index (χ2n) is 5.23. The summed E-state index contributed by atoms with van der Waals surface area (Å²) < 4.78 is 5.09. The summed E-state index contributed by atoms with van der Waals surface area (Å²) in [6.45, 7) is 6.39. The molecule has 0 aromatic heterocycles. The Morgan fingerprint density at radius 3 is 2.59 bits per heavy atom. The number of likely N-dealkylation sites (N-methyl/N-ethyl adjacent to an activating group) is 1. The number of methoxy groups -OCH3 is 1. The van der Waals surface area contributed by atoms with Crippen molar-refractivity contribution in [1.82, 2.24) is 15.1 Å². The summed E-state index contributed by atoms with van der Waals surface area (Å²) in [5.41, 5.74) is 0.489. The first-order valence-electron chi connectivity index (χ1n) is 7.56. The number of hydrogen-bond donors (Lipinski definition) is 1. The van der Waals surface area contributed by atoms with Crippen molar-refractivity contribution in [2.45, 2.75) is 6.92 Å². The Labute approximate surface area is 131 Å². The van der Waals surface area contributed by atoms with Gasteiger partial charge >= 0.3 is 0 Å². The van der Waals surface area contributed by atoms with Gasteiger partial charge in [0.2, 0.25) is 5.91 Å². The lowest BCUT2D eigenvalue weighted by atomic mass is 10.2. The Bertz CT molecular complexity index is 525. The number of amides is 2. The first kappa shape index (κ1) is 16.3. The molecule has 0 bridgehead atoms. The summed E-state index contributed by atoms with van der Waals surface area (Å²) in [4.78, 5) is 28.3. The zero-order chi connectivity index (χ0) is 15.9. The molecule has 2 amide bonds. The molecule has 0 radical (unpaired) electrons. The van der Waals surface area contributed by atoms with Gasteiger partial charge in [0, 0.05) is 31.7 Å². The lowest BCUT2D eigenvalue weighted by molar-refractivity contribution is -0.131. The first-order chi connectivity index (χ1) is 10.6. The highest BCUT2D eigenvalue weighted by molar-refractivity contribution is 5.96. The molecular weight excluding hydrogens is 282 g/mol. The van der Waals surface area contributed by atoms with Crippen molar-refractivity contribution in [3.8, 4) is 5.75 Å². The van der Waals surface area contributed by atoms with Crippen LogP contribution in [0, 0.1) is 0 Å². The molecule has 6 heteroatoms. The Morgan fingerprint density at radius 1 is 1.23 bits per heavy atom. The number of carbonyl (C=O) groups excluding carboxylic acids is 2. The Hall–Kier alpha value is -2.08. The third-order valence-electron chi connectivity index (χ3n) is 3.90. The van der Waals surface area contributed by atoms with Crippen LogP contribution in [0.1, 0.15) is 17.3 Å². The third kappa shape index (κ3) is 4.21. The second kappa shape index (κ2) is 7.79. The third-order valence-corrected chi connectivity index (χ3v) is 3.90. The molecule has 1 aromatic rings. The number of rotatable bonds is 5. The summed E-state index contributed by atoms with van der Waals surface area (Å²) in [5, 5.41) is 2.67. The molecule has 1 fully saturated rings. The lowest BCUT2D eigenvalue weighted by Crippen LogP contribution is -2.51. The summed E-state index contributed by atoms with van der Waals surface area (Å²) >= 11 is 0. The monoisotopic (exact) mass is 305 g/mol. The topological polar surface area (TPSA) is 61.9 Å². The maximum Gasteiger partial charge on any atom is 0.251 e. The average molecular weight is 305 g/mol. The van der Waals surface area contributed by atoms with Crippen LogP contribution in [0.5, 0.6) is 5.75 Å². The molecule has 1 aliphatic rings. The summed E-state index contributed by atoms with van der Waals surface area (Å²) in [5.74, 6) is 0.320. The van der Waals surface area contributed by atoms with Crippen LogP contribution in [0.15, 0.2) is 24.3 Å². The smallest absolute Gasteiger partial charge is 0.251 e. The van der Waals surface area contributed by atoms with Crippen LogP contribution in [0.2, 0.25) is 0 Å². The molecule has 22 heavy (non-hydrogen) atoms. The van der Waals surface area contributed by atoms with E-state index in [0.29, 0.717) is 11.3 Å². The predicted octanol–water partition coefficient (Wildman–Crippen LogP) is 0.589. The van der Waals surface area contributed by atoms with Crippen LogP contribution in [0.25, 0.3) is 0 Å². The Balaban J connectivity index is 1.82. The maximum absolute atomic E-state index is 12.1. The number of piperazine rings is 1. The van der Waals surface area contributed by atoms with Crippen LogP contribution >= 0.6 is 0 Å². The van der Waals surface area contributed by atoms with Crippen molar-refractivity contribution in [1.29, 1.82) is 0 Å². The minimum Gasteiger partial charge on any atom is -0.497 e. The van der Waals surface area contributed by atoms with Gasteiger partial charge in [-0.3, -0.25) is 9.59 Å². The van der Waals surface area contributed by atoms with Crippen LogP contribution in [-0.4, -0.2) is 68.0 Å². The van der Waals surface area contributed by atoms with Gasteiger partial charge < -0.3 is 19.9 Å². The SMILES string of the molecule is CCN1CCN(C(=O)CNC(=O)c2cccc(OC)c2)CC1. The molecular formula is C16H23N3O3. The molecule has 0 unspecified atom stereocenters. The van der Waals surface area contributed by atoms with E-state index in [2.05, 4.69) is 17.1 Å². The highest BCUT2D eigenvalue weighted by Crippen LogP contribution is 2.12. The fourth-order valence-corrected chi connectivity index (χ4v) is 2.45. The van der Waals surface area contributed by atoms with Crippen molar-refractivity contribution in [3.05, 3.63) is 29.8 Å². The van der Waals surface area contributed by atoms with E-state index in [1.54, 1.807) is 36.3 Å². The number of hydrogen-bond acceptors (Lipinski definition) is 4. The molecule has 0 aliphatic carbocycles. The second-order valence-corrected chi connectivity index (χ2v) is 5.23. The summed E-state index contributed by atoms with van der Waals surface area (Å²) in [6.07, 6.45) is 0. The molecule has 1 N–H and O–H groups in total. The largest absolute Gasteiger partial charge is 0.497 e. The zero-order valence-electron chi connectivity index (χ0n) is 13.2.